The molecule has 2 rings (SSSR count). The van der Waals surface area contributed by atoms with Gasteiger partial charge in [0.15, 0.2) is 0 Å². The van der Waals surface area contributed by atoms with Crippen LogP contribution in [0.5, 0.6) is 5.75 Å². The second-order valence-corrected chi connectivity index (χ2v) is 4.62. The van der Waals surface area contributed by atoms with Crippen molar-refractivity contribution >= 4 is 5.97 Å². The van der Waals surface area contributed by atoms with Crippen LogP contribution in [0, 0.1) is 6.92 Å². The van der Waals surface area contributed by atoms with Gasteiger partial charge in [-0.05, 0) is 18.6 Å². The Bertz CT molecular complexity index is 576. The van der Waals surface area contributed by atoms with Crippen molar-refractivity contribution in [2.24, 2.45) is 0 Å². The van der Waals surface area contributed by atoms with Crippen molar-refractivity contribution in [3.8, 4) is 5.75 Å². The van der Waals surface area contributed by atoms with Crippen LogP contribution < -0.4 is 0 Å². The Morgan fingerprint density at radius 1 is 1.16 bits per heavy atom. The zero-order valence-electron chi connectivity index (χ0n) is 10.7. The fourth-order valence-electron chi connectivity index (χ4n) is 2.22. The molecule has 3 nitrogen and oxygen atoms in total. The lowest BCUT2D eigenvalue weighted by atomic mass is 9.87. The van der Waals surface area contributed by atoms with Gasteiger partial charge in [-0.25, -0.2) is 0 Å². The molecule has 0 aromatic heterocycles. The summed E-state index contributed by atoms with van der Waals surface area (Å²) in [4.78, 5) is 11.1. The highest BCUT2D eigenvalue weighted by Crippen LogP contribution is 2.34. The SMILES string of the molecule is Cc1ccc(O)c([C@H](CC(=O)O)c2ccccc2)c1. The lowest BCUT2D eigenvalue weighted by Crippen LogP contribution is -2.08. The third-order valence-electron chi connectivity index (χ3n) is 3.14. The maximum Gasteiger partial charge on any atom is 0.304 e. The van der Waals surface area contributed by atoms with Crippen LogP contribution in [0.4, 0.5) is 0 Å². The molecule has 0 bridgehead atoms. The standard InChI is InChI=1S/C16H16O3/c1-11-7-8-15(17)14(9-11)13(10-16(18)19)12-5-3-2-4-6-12/h2-9,13,17H,10H2,1H3,(H,18,19)/t13-/m1/s1. The van der Waals surface area contributed by atoms with E-state index in [1.807, 2.05) is 49.4 Å². The summed E-state index contributed by atoms with van der Waals surface area (Å²) in [6.45, 7) is 1.92. The molecule has 0 fully saturated rings. The van der Waals surface area contributed by atoms with E-state index in [-0.39, 0.29) is 18.1 Å². The average Bonchev–Trinajstić information content (AvgIpc) is 2.40. The summed E-state index contributed by atoms with van der Waals surface area (Å²) in [5.41, 5.74) is 2.55. The molecule has 2 N–H and O–H groups in total. The van der Waals surface area contributed by atoms with Gasteiger partial charge < -0.3 is 10.2 Å². The highest BCUT2D eigenvalue weighted by atomic mass is 16.4. The molecule has 0 saturated heterocycles. The van der Waals surface area contributed by atoms with E-state index < -0.39 is 5.97 Å². The number of rotatable bonds is 4. The molecule has 2 aromatic rings. The normalized spacial score (nSPS) is 12.1. The molecular weight excluding hydrogens is 240 g/mol. The van der Waals surface area contributed by atoms with Crippen LogP contribution in [0.1, 0.15) is 29.0 Å². The molecule has 1 atom stereocenters. The molecule has 2 aromatic carbocycles. The summed E-state index contributed by atoms with van der Waals surface area (Å²) in [7, 11) is 0. The molecular formula is C16H16O3. The maximum absolute atomic E-state index is 11.1. The molecule has 19 heavy (non-hydrogen) atoms. The first-order valence-corrected chi connectivity index (χ1v) is 6.14. The van der Waals surface area contributed by atoms with Gasteiger partial charge in [-0.1, -0.05) is 48.0 Å². The minimum atomic E-state index is -0.880. The first-order valence-electron chi connectivity index (χ1n) is 6.14. The van der Waals surface area contributed by atoms with E-state index in [1.165, 1.54) is 0 Å². The van der Waals surface area contributed by atoms with Crippen LogP contribution in [-0.2, 0) is 4.79 Å². The summed E-state index contributed by atoms with van der Waals surface area (Å²) in [5, 5.41) is 19.1. The first kappa shape index (κ1) is 13.1. The summed E-state index contributed by atoms with van der Waals surface area (Å²) in [6.07, 6.45) is -0.0406. The number of hydrogen-bond donors (Lipinski definition) is 2. The molecule has 0 aliphatic heterocycles. The van der Waals surface area contributed by atoms with Crippen LogP contribution in [0.2, 0.25) is 0 Å². The Hall–Kier alpha value is -2.29. The van der Waals surface area contributed by atoms with E-state index >= 15 is 0 Å². The third kappa shape index (κ3) is 3.13. The van der Waals surface area contributed by atoms with Gasteiger partial charge in [-0.3, -0.25) is 4.79 Å². The topological polar surface area (TPSA) is 57.5 Å². The number of aliphatic carboxylic acids is 1. The van der Waals surface area contributed by atoms with Crippen molar-refractivity contribution in [2.45, 2.75) is 19.3 Å². The van der Waals surface area contributed by atoms with E-state index in [9.17, 15) is 9.90 Å². The summed E-state index contributed by atoms with van der Waals surface area (Å²) in [5.74, 6) is -1.07. The lowest BCUT2D eigenvalue weighted by Gasteiger charge is -2.17. The predicted molar refractivity (Wildman–Crippen MR) is 73.4 cm³/mol. The van der Waals surface area contributed by atoms with E-state index in [4.69, 9.17) is 5.11 Å². The summed E-state index contributed by atoms with van der Waals surface area (Å²) >= 11 is 0. The highest BCUT2D eigenvalue weighted by molar-refractivity contribution is 5.69. The molecule has 0 heterocycles. The minimum absolute atomic E-state index is 0.0406. The van der Waals surface area contributed by atoms with E-state index in [2.05, 4.69) is 0 Å². The van der Waals surface area contributed by atoms with E-state index in [0.29, 0.717) is 5.56 Å². The Balaban J connectivity index is 2.48. The fraction of sp³-hybridized carbons (Fsp3) is 0.188. The largest absolute Gasteiger partial charge is 0.508 e. The minimum Gasteiger partial charge on any atom is -0.508 e. The van der Waals surface area contributed by atoms with Crippen LogP contribution in [0.15, 0.2) is 48.5 Å². The molecule has 98 valence electrons. The number of phenols is 1. The lowest BCUT2D eigenvalue weighted by molar-refractivity contribution is -0.137. The molecule has 0 spiro atoms. The molecule has 0 unspecified atom stereocenters. The number of aryl methyl sites for hydroxylation is 1. The number of phenolic OH excluding ortho intramolecular Hbond substituents is 1. The second-order valence-electron chi connectivity index (χ2n) is 4.62. The number of carboxylic acids is 1. The Kier molecular flexibility index (Phi) is 3.85. The van der Waals surface area contributed by atoms with Crippen LogP contribution in [0.3, 0.4) is 0 Å². The van der Waals surface area contributed by atoms with Gasteiger partial charge in [-0.15, -0.1) is 0 Å². The number of benzene rings is 2. The van der Waals surface area contributed by atoms with Crippen molar-refractivity contribution in [3.63, 3.8) is 0 Å². The van der Waals surface area contributed by atoms with Gasteiger partial charge in [0.2, 0.25) is 0 Å². The number of aromatic hydroxyl groups is 1. The van der Waals surface area contributed by atoms with Gasteiger partial charge >= 0.3 is 5.97 Å². The molecule has 3 heteroatoms. The van der Waals surface area contributed by atoms with Gasteiger partial charge in [0, 0.05) is 11.5 Å². The fourth-order valence-corrected chi connectivity index (χ4v) is 2.22. The van der Waals surface area contributed by atoms with Crippen molar-refractivity contribution in [3.05, 3.63) is 65.2 Å². The average molecular weight is 256 g/mol. The first-order chi connectivity index (χ1) is 9.08. The zero-order chi connectivity index (χ0) is 13.8. The predicted octanol–water partition coefficient (Wildman–Crippen LogP) is 3.31. The molecule has 0 aliphatic rings. The van der Waals surface area contributed by atoms with Crippen LogP contribution >= 0.6 is 0 Å². The van der Waals surface area contributed by atoms with Gasteiger partial charge in [0.1, 0.15) is 5.75 Å². The monoisotopic (exact) mass is 256 g/mol. The van der Waals surface area contributed by atoms with E-state index in [1.54, 1.807) is 6.07 Å². The van der Waals surface area contributed by atoms with Crippen LogP contribution in [-0.4, -0.2) is 16.2 Å². The Morgan fingerprint density at radius 3 is 2.47 bits per heavy atom. The highest BCUT2D eigenvalue weighted by Gasteiger charge is 2.20. The van der Waals surface area contributed by atoms with Crippen molar-refractivity contribution < 1.29 is 15.0 Å². The van der Waals surface area contributed by atoms with Crippen LogP contribution in [0.25, 0.3) is 0 Å². The number of carbonyl (C=O) groups is 1. The second kappa shape index (κ2) is 5.57. The van der Waals surface area contributed by atoms with Crippen molar-refractivity contribution in [1.29, 1.82) is 0 Å². The van der Waals surface area contributed by atoms with Gasteiger partial charge in [-0.2, -0.15) is 0 Å². The van der Waals surface area contributed by atoms with E-state index in [0.717, 1.165) is 11.1 Å². The molecule has 0 aliphatic carbocycles. The summed E-state index contributed by atoms with van der Waals surface area (Å²) in [6, 6.07) is 14.7. The number of carboxylic acid groups (broad SMARTS) is 1. The molecule has 0 radical (unpaired) electrons. The Labute approximate surface area is 112 Å². The molecule has 0 amide bonds. The third-order valence-corrected chi connectivity index (χ3v) is 3.14. The maximum atomic E-state index is 11.1. The molecule has 0 saturated carbocycles. The quantitative estimate of drug-likeness (QED) is 0.882. The van der Waals surface area contributed by atoms with Crippen molar-refractivity contribution in [1.82, 2.24) is 0 Å². The Morgan fingerprint density at radius 2 is 1.84 bits per heavy atom. The number of hydrogen-bond acceptors (Lipinski definition) is 2. The van der Waals surface area contributed by atoms with Gasteiger partial charge in [0.05, 0.1) is 6.42 Å². The zero-order valence-corrected chi connectivity index (χ0v) is 10.7. The smallest absolute Gasteiger partial charge is 0.304 e. The van der Waals surface area contributed by atoms with Gasteiger partial charge in [0.25, 0.3) is 0 Å². The summed E-state index contributed by atoms with van der Waals surface area (Å²) < 4.78 is 0. The van der Waals surface area contributed by atoms with Crippen molar-refractivity contribution in [2.75, 3.05) is 0 Å².